The minimum Gasteiger partial charge on any atom is -0.385 e. The number of piperidine rings is 1. The molecule has 4 nitrogen and oxygen atoms in total. The molecule has 1 aliphatic rings. The molecule has 0 radical (unpaired) electrons. The van der Waals surface area contributed by atoms with Crippen LogP contribution in [0.1, 0.15) is 25.3 Å². The minimum absolute atomic E-state index is 0.0291. The summed E-state index contributed by atoms with van der Waals surface area (Å²) in [5.74, 6) is 0.713. The smallest absolute Gasteiger partial charge is 0.221 e. The van der Waals surface area contributed by atoms with E-state index in [-0.39, 0.29) is 5.91 Å². The molecule has 1 heterocycles. The van der Waals surface area contributed by atoms with E-state index in [1.54, 1.807) is 0 Å². The van der Waals surface area contributed by atoms with Crippen LogP contribution in [-0.4, -0.2) is 25.5 Å². The lowest BCUT2D eigenvalue weighted by atomic mass is 9.98. The molecule has 0 saturated carbocycles. The van der Waals surface area contributed by atoms with Crippen molar-refractivity contribution in [3.63, 3.8) is 0 Å². The maximum absolute atomic E-state index is 11.1. The number of amides is 1. The van der Waals surface area contributed by atoms with Crippen molar-refractivity contribution in [2.45, 2.75) is 26.7 Å². The summed E-state index contributed by atoms with van der Waals surface area (Å²) in [4.78, 5) is 11.1. The van der Waals surface area contributed by atoms with Gasteiger partial charge in [0.2, 0.25) is 5.91 Å². The van der Waals surface area contributed by atoms with Crippen molar-refractivity contribution < 1.29 is 4.79 Å². The van der Waals surface area contributed by atoms with Crippen molar-refractivity contribution in [1.82, 2.24) is 5.32 Å². The highest BCUT2D eigenvalue weighted by Crippen LogP contribution is 2.21. The van der Waals surface area contributed by atoms with Crippen LogP contribution in [0.2, 0.25) is 0 Å². The van der Waals surface area contributed by atoms with E-state index >= 15 is 0 Å². The van der Waals surface area contributed by atoms with E-state index in [0.29, 0.717) is 0 Å². The average molecular weight is 261 g/mol. The van der Waals surface area contributed by atoms with Gasteiger partial charge in [0, 0.05) is 24.8 Å². The van der Waals surface area contributed by atoms with E-state index in [2.05, 4.69) is 22.0 Å². The van der Waals surface area contributed by atoms with Gasteiger partial charge in [0.15, 0.2) is 0 Å². The van der Waals surface area contributed by atoms with Gasteiger partial charge in [-0.3, -0.25) is 4.79 Å². The molecule has 1 saturated heterocycles. The predicted molar refractivity (Wildman–Crippen MR) is 79.6 cm³/mol. The van der Waals surface area contributed by atoms with Crippen molar-refractivity contribution >= 4 is 17.3 Å². The summed E-state index contributed by atoms with van der Waals surface area (Å²) >= 11 is 0. The molecule has 0 aromatic heterocycles. The van der Waals surface area contributed by atoms with Gasteiger partial charge in [-0.15, -0.1) is 0 Å². The highest BCUT2D eigenvalue weighted by Gasteiger charge is 2.12. The molecule has 0 aliphatic carbocycles. The Kier molecular flexibility index (Phi) is 4.80. The molecule has 1 aliphatic heterocycles. The number of benzene rings is 1. The lowest BCUT2D eigenvalue weighted by Crippen LogP contribution is -2.31. The molecule has 0 atom stereocenters. The Morgan fingerprint density at radius 2 is 2.11 bits per heavy atom. The second-order valence-corrected chi connectivity index (χ2v) is 5.29. The fourth-order valence-corrected chi connectivity index (χ4v) is 2.40. The Balaban J connectivity index is 1.94. The maximum Gasteiger partial charge on any atom is 0.221 e. The van der Waals surface area contributed by atoms with E-state index in [0.717, 1.165) is 42.5 Å². The number of nitrogens with one attached hydrogen (secondary N) is 3. The SMILES string of the molecule is CC(=O)Nc1cc(NCC2CCNCC2)ccc1C. The lowest BCUT2D eigenvalue weighted by molar-refractivity contribution is -0.114. The van der Waals surface area contributed by atoms with Crippen LogP contribution in [0.5, 0.6) is 0 Å². The molecule has 0 unspecified atom stereocenters. The molecule has 1 fully saturated rings. The van der Waals surface area contributed by atoms with Crippen molar-refractivity contribution in [2.24, 2.45) is 5.92 Å². The Morgan fingerprint density at radius 1 is 1.37 bits per heavy atom. The molecule has 1 aromatic carbocycles. The number of anilines is 2. The zero-order valence-electron chi connectivity index (χ0n) is 11.8. The van der Waals surface area contributed by atoms with Gasteiger partial charge in [-0.05, 0) is 56.5 Å². The predicted octanol–water partition coefficient (Wildman–Crippen LogP) is 2.36. The van der Waals surface area contributed by atoms with E-state index in [4.69, 9.17) is 0 Å². The van der Waals surface area contributed by atoms with E-state index < -0.39 is 0 Å². The number of hydrogen-bond acceptors (Lipinski definition) is 3. The van der Waals surface area contributed by atoms with Crippen molar-refractivity contribution in [1.29, 1.82) is 0 Å². The van der Waals surface area contributed by atoms with Crippen LogP contribution < -0.4 is 16.0 Å². The van der Waals surface area contributed by atoms with Gasteiger partial charge in [-0.2, -0.15) is 0 Å². The summed E-state index contributed by atoms with van der Waals surface area (Å²) < 4.78 is 0. The number of carbonyl (C=O) groups excluding carboxylic acids is 1. The van der Waals surface area contributed by atoms with E-state index in [1.807, 2.05) is 19.1 Å². The second-order valence-electron chi connectivity index (χ2n) is 5.29. The Morgan fingerprint density at radius 3 is 2.79 bits per heavy atom. The third-order valence-corrected chi connectivity index (χ3v) is 3.60. The van der Waals surface area contributed by atoms with Gasteiger partial charge in [-0.25, -0.2) is 0 Å². The normalized spacial score (nSPS) is 16.1. The van der Waals surface area contributed by atoms with Crippen LogP contribution in [0, 0.1) is 12.8 Å². The van der Waals surface area contributed by atoms with Crippen LogP contribution in [0.4, 0.5) is 11.4 Å². The summed E-state index contributed by atoms with van der Waals surface area (Å²) in [7, 11) is 0. The van der Waals surface area contributed by atoms with Gasteiger partial charge in [-0.1, -0.05) is 6.07 Å². The highest BCUT2D eigenvalue weighted by atomic mass is 16.1. The summed E-state index contributed by atoms with van der Waals surface area (Å²) in [5.41, 5.74) is 3.05. The zero-order valence-corrected chi connectivity index (χ0v) is 11.8. The van der Waals surface area contributed by atoms with Crippen molar-refractivity contribution in [2.75, 3.05) is 30.3 Å². The summed E-state index contributed by atoms with van der Waals surface area (Å²) in [6, 6.07) is 6.12. The quantitative estimate of drug-likeness (QED) is 0.780. The molecule has 0 bridgehead atoms. The number of carbonyl (C=O) groups is 1. The topological polar surface area (TPSA) is 53.2 Å². The Labute approximate surface area is 115 Å². The first kappa shape index (κ1) is 13.9. The number of hydrogen-bond donors (Lipinski definition) is 3. The largest absolute Gasteiger partial charge is 0.385 e. The molecule has 2 rings (SSSR count). The average Bonchev–Trinajstić information content (AvgIpc) is 2.40. The molecule has 1 aromatic rings. The molecule has 1 amide bonds. The second kappa shape index (κ2) is 6.57. The van der Waals surface area contributed by atoms with Gasteiger partial charge < -0.3 is 16.0 Å². The molecule has 4 heteroatoms. The number of aryl methyl sites for hydroxylation is 1. The molecular weight excluding hydrogens is 238 g/mol. The van der Waals surface area contributed by atoms with Crippen LogP contribution in [-0.2, 0) is 4.79 Å². The maximum atomic E-state index is 11.1. The first-order valence-corrected chi connectivity index (χ1v) is 6.98. The fraction of sp³-hybridized carbons (Fsp3) is 0.533. The lowest BCUT2D eigenvalue weighted by Gasteiger charge is -2.23. The van der Waals surface area contributed by atoms with Crippen LogP contribution >= 0.6 is 0 Å². The van der Waals surface area contributed by atoms with Crippen molar-refractivity contribution in [3.05, 3.63) is 23.8 Å². The third-order valence-electron chi connectivity index (χ3n) is 3.60. The molecule has 104 valence electrons. The van der Waals surface area contributed by atoms with Gasteiger partial charge >= 0.3 is 0 Å². The first-order chi connectivity index (χ1) is 9.15. The zero-order chi connectivity index (χ0) is 13.7. The fourth-order valence-electron chi connectivity index (χ4n) is 2.40. The van der Waals surface area contributed by atoms with Crippen LogP contribution in [0.15, 0.2) is 18.2 Å². The Hall–Kier alpha value is -1.55. The third kappa shape index (κ3) is 4.24. The highest BCUT2D eigenvalue weighted by molar-refractivity contribution is 5.90. The Bertz CT molecular complexity index is 439. The van der Waals surface area contributed by atoms with Gasteiger partial charge in [0.25, 0.3) is 0 Å². The minimum atomic E-state index is -0.0291. The monoisotopic (exact) mass is 261 g/mol. The van der Waals surface area contributed by atoms with Crippen molar-refractivity contribution in [3.8, 4) is 0 Å². The molecular formula is C15H23N3O. The van der Waals surface area contributed by atoms with Crippen LogP contribution in [0.25, 0.3) is 0 Å². The van der Waals surface area contributed by atoms with Gasteiger partial charge in [0.1, 0.15) is 0 Å². The summed E-state index contributed by atoms with van der Waals surface area (Å²) in [6.07, 6.45) is 2.47. The van der Waals surface area contributed by atoms with E-state index in [1.165, 1.54) is 19.8 Å². The summed E-state index contributed by atoms with van der Waals surface area (Å²) in [6.45, 7) is 6.79. The molecule has 19 heavy (non-hydrogen) atoms. The number of rotatable bonds is 4. The molecule has 0 spiro atoms. The van der Waals surface area contributed by atoms with Gasteiger partial charge in [0.05, 0.1) is 0 Å². The summed E-state index contributed by atoms with van der Waals surface area (Å²) in [5, 5.41) is 9.71. The first-order valence-electron chi connectivity index (χ1n) is 6.98. The molecule has 3 N–H and O–H groups in total. The van der Waals surface area contributed by atoms with E-state index in [9.17, 15) is 4.79 Å². The standard InChI is InChI=1S/C15H23N3O/c1-11-3-4-14(9-15(11)18-12(2)19)17-10-13-5-7-16-8-6-13/h3-4,9,13,16-17H,5-8,10H2,1-2H3,(H,18,19). The van der Waals surface area contributed by atoms with Crippen LogP contribution in [0.3, 0.4) is 0 Å².